The van der Waals surface area contributed by atoms with Crippen LogP contribution in [0.3, 0.4) is 0 Å². The molecule has 0 saturated carbocycles. The van der Waals surface area contributed by atoms with Gasteiger partial charge in [-0.15, -0.1) is 0 Å². The quantitative estimate of drug-likeness (QED) is 0.713. The van der Waals surface area contributed by atoms with Crippen LogP contribution in [0.15, 0.2) is 24.4 Å². The largest absolute Gasteiger partial charge is 0.507 e. The van der Waals surface area contributed by atoms with Crippen LogP contribution in [-0.2, 0) is 4.74 Å². The van der Waals surface area contributed by atoms with Gasteiger partial charge in [-0.3, -0.25) is 0 Å². The average Bonchev–Trinajstić information content (AvgIpc) is 2.67. The molecule has 4 nitrogen and oxygen atoms in total. The van der Waals surface area contributed by atoms with Crippen LogP contribution < -0.4 is 5.73 Å². The zero-order valence-corrected chi connectivity index (χ0v) is 8.53. The number of hydrogen-bond donors (Lipinski definition) is 3. The molecule has 2 aromatic rings. The molecule has 0 aliphatic carbocycles. The predicted molar refractivity (Wildman–Crippen MR) is 58.8 cm³/mol. The summed E-state index contributed by atoms with van der Waals surface area (Å²) >= 11 is 0. The summed E-state index contributed by atoms with van der Waals surface area (Å²) in [6, 6.07) is 5.25. The van der Waals surface area contributed by atoms with Crippen LogP contribution in [0.2, 0.25) is 0 Å². The van der Waals surface area contributed by atoms with Crippen molar-refractivity contribution in [2.24, 2.45) is 5.73 Å². The van der Waals surface area contributed by atoms with Crippen LogP contribution in [0.25, 0.3) is 10.9 Å². The van der Waals surface area contributed by atoms with Crippen LogP contribution in [0.5, 0.6) is 5.75 Å². The van der Waals surface area contributed by atoms with Crippen molar-refractivity contribution < 1.29 is 9.84 Å². The van der Waals surface area contributed by atoms with Gasteiger partial charge in [-0.2, -0.15) is 0 Å². The molecule has 0 aliphatic heterocycles. The number of methoxy groups -OCH3 is 1. The molecule has 0 aliphatic rings. The Labute approximate surface area is 87.7 Å². The van der Waals surface area contributed by atoms with Crippen molar-refractivity contribution in [3.05, 3.63) is 30.0 Å². The molecule has 0 spiro atoms. The van der Waals surface area contributed by atoms with Gasteiger partial charge < -0.3 is 20.6 Å². The van der Waals surface area contributed by atoms with Crippen molar-refractivity contribution >= 4 is 10.9 Å². The van der Waals surface area contributed by atoms with Crippen LogP contribution >= 0.6 is 0 Å². The summed E-state index contributed by atoms with van der Waals surface area (Å²) in [5, 5.41) is 10.8. The lowest BCUT2D eigenvalue weighted by atomic mass is 10.0. The van der Waals surface area contributed by atoms with Crippen molar-refractivity contribution in [1.29, 1.82) is 0 Å². The molecule has 2 rings (SSSR count). The van der Waals surface area contributed by atoms with E-state index in [4.69, 9.17) is 10.5 Å². The van der Waals surface area contributed by atoms with Gasteiger partial charge >= 0.3 is 0 Å². The molecular formula is C11H14N2O2. The van der Waals surface area contributed by atoms with Gasteiger partial charge in [-0.1, -0.05) is 6.07 Å². The first-order chi connectivity index (χ1) is 7.24. The second-order valence-electron chi connectivity index (χ2n) is 3.50. The van der Waals surface area contributed by atoms with E-state index in [1.54, 1.807) is 13.3 Å². The van der Waals surface area contributed by atoms with Gasteiger partial charge in [-0.25, -0.2) is 0 Å². The van der Waals surface area contributed by atoms with E-state index >= 15 is 0 Å². The van der Waals surface area contributed by atoms with Crippen LogP contribution in [0.1, 0.15) is 11.6 Å². The molecule has 0 bridgehead atoms. The number of aromatic hydroxyl groups is 1. The number of aromatic nitrogens is 1. The summed E-state index contributed by atoms with van der Waals surface area (Å²) < 4.78 is 4.96. The number of fused-ring (bicyclic) bond motifs is 1. The first-order valence-electron chi connectivity index (χ1n) is 4.77. The molecular weight excluding hydrogens is 192 g/mol. The summed E-state index contributed by atoms with van der Waals surface area (Å²) in [5.41, 5.74) is 7.49. The smallest absolute Gasteiger partial charge is 0.129 e. The standard InChI is InChI=1S/C11H14N2O2/c1-15-6-9(12)7-2-3-10-8(11(7)14)4-5-13-10/h2-5,9,13-14H,6,12H2,1H3/t9-/m0/s1. The maximum atomic E-state index is 9.98. The minimum Gasteiger partial charge on any atom is -0.507 e. The lowest BCUT2D eigenvalue weighted by molar-refractivity contribution is 0.180. The molecule has 1 atom stereocenters. The number of ether oxygens (including phenoxy) is 1. The van der Waals surface area contributed by atoms with Crippen LogP contribution in [0, 0.1) is 0 Å². The molecule has 1 heterocycles. The van der Waals surface area contributed by atoms with E-state index in [0.717, 1.165) is 10.9 Å². The fraction of sp³-hybridized carbons (Fsp3) is 0.273. The molecule has 1 aromatic heterocycles. The van der Waals surface area contributed by atoms with E-state index in [2.05, 4.69) is 4.98 Å². The Kier molecular flexibility index (Phi) is 2.62. The molecule has 4 N–H and O–H groups in total. The highest BCUT2D eigenvalue weighted by molar-refractivity contribution is 5.87. The second-order valence-corrected chi connectivity index (χ2v) is 3.50. The normalized spacial score (nSPS) is 13.2. The zero-order chi connectivity index (χ0) is 10.8. The van der Waals surface area contributed by atoms with Gasteiger partial charge in [0.1, 0.15) is 5.75 Å². The van der Waals surface area contributed by atoms with Gasteiger partial charge in [0, 0.05) is 29.8 Å². The maximum Gasteiger partial charge on any atom is 0.129 e. The zero-order valence-electron chi connectivity index (χ0n) is 8.53. The van der Waals surface area contributed by atoms with Crippen molar-refractivity contribution in [3.63, 3.8) is 0 Å². The first kappa shape index (κ1) is 10.0. The van der Waals surface area contributed by atoms with E-state index in [1.807, 2.05) is 18.2 Å². The summed E-state index contributed by atoms with van der Waals surface area (Å²) in [4.78, 5) is 3.03. The molecule has 0 fully saturated rings. The highest BCUT2D eigenvalue weighted by atomic mass is 16.5. The number of benzene rings is 1. The van der Waals surface area contributed by atoms with Crippen molar-refractivity contribution in [2.75, 3.05) is 13.7 Å². The first-order valence-corrected chi connectivity index (χ1v) is 4.77. The number of hydrogen-bond acceptors (Lipinski definition) is 3. The number of nitrogens with one attached hydrogen (secondary N) is 1. The number of rotatable bonds is 3. The van der Waals surface area contributed by atoms with Gasteiger partial charge in [-0.05, 0) is 12.1 Å². The van der Waals surface area contributed by atoms with E-state index in [-0.39, 0.29) is 11.8 Å². The Balaban J connectivity index is 2.47. The molecule has 0 saturated heterocycles. The summed E-state index contributed by atoms with van der Waals surface area (Å²) in [6.45, 7) is 0.392. The van der Waals surface area contributed by atoms with Gasteiger partial charge in [0.15, 0.2) is 0 Å². The number of phenolic OH excluding ortho intramolecular Hbond substituents is 1. The van der Waals surface area contributed by atoms with Gasteiger partial charge in [0.2, 0.25) is 0 Å². The summed E-state index contributed by atoms with van der Waals surface area (Å²) in [7, 11) is 1.59. The lowest BCUT2D eigenvalue weighted by Crippen LogP contribution is -2.16. The summed E-state index contributed by atoms with van der Waals surface area (Å²) in [5.74, 6) is 0.235. The Bertz CT molecular complexity index is 465. The molecule has 1 aromatic carbocycles. The minimum absolute atomic E-state index is 0.235. The third kappa shape index (κ3) is 1.69. The Morgan fingerprint density at radius 3 is 3.00 bits per heavy atom. The Hall–Kier alpha value is -1.52. The van der Waals surface area contributed by atoms with E-state index < -0.39 is 0 Å². The Morgan fingerprint density at radius 1 is 1.47 bits per heavy atom. The number of aromatic amines is 1. The molecule has 0 amide bonds. The number of nitrogens with two attached hydrogens (primary N) is 1. The topological polar surface area (TPSA) is 71.3 Å². The third-order valence-electron chi connectivity index (χ3n) is 2.48. The Morgan fingerprint density at radius 2 is 2.27 bits per heavy atom. The van der Waals surface area contributed by atoms with Crippen LogP contribution in [0.4, 0.5) is 0 Å². The molecule has 80 valence electrons. The molecule has 4 heteroatoms. The third-order valence-corrected chi connectivity index (χ3v) is 2.48. The monoisotopic (exact) mass is 206 g/mol. The van der Waals surface area contributed by atoms with Gasteiger partial charge in [0.25, 0.3) is 0 Å². The SMILES string of the molecule is COC[C@H](N)c1ccc2[nH]ccc2c1O. The number of H-pyrrole nitrogens is 1. The molecule has 0 radical (unpaired) electrons. The van der Waals surface area contributed by atoms with E-state index in [1.165, 1.54) is 0 Å². The lowest BCUT2D eigenvalue weighted by Gasteiger charge is -2.12. The number of phenols is 1. The highest BCUT2D eigenvalue weighted by Gasteiger charge is 2.13. The maximum absolute atomic E-state index is 9.98. The van der Waals surface area contributed by atoms with Crippen LogP contribution in [-0.4, -0.2) is 23.8 Å². The predicted octanol–water partition coefficient (Wildman–Crippen LogP) is 1.52. The van der Waals surface area contributed by atoms with Crippen molar-refractivity contribution in [1.82, 2.24) is 4.98 Å². The van der Waals surface area contributed by atoms with Gasteiger partial charge in [0.05, 0.1) is 12.6 Å². The van der Waals surface area contributed by atoms with E-state index in [9.17, 15) is 5.11 Å². The molecule has 0 unspecified atom stereocenters. The highest BCUT2D eigenvalue weighted by Crippen LogP contribution is 2.31. The second kappa shape index (κ2) is 3.92. The fourth-order valence-corrected chi connectivity index (χ4v) is 1.70. The van der Waals surface area contributed by atoms with E-state index in [0.29, 0.717) is 12.2 Å². The van der Waals surface area contributed by atoms with Crippen molar-refractivity contribution in [3.8, 4) is 5.75 Å². The fourth-order valence-electron chi connectivity index (χ4n) is 1.70. The van der Waals surface area contributed by atoms with Crippen molar-refractivity contribution in [2.45, 2.75) is 6.04 Å². The molecule has 15 heavy (non-hydrogen) atoms. The average molecular weight is 206 g/mol. The summed E-state index contributed by atoms with van der Waals surface area (Å²) in [6.07, 6.45) is 1.79. The minimum atomic E-state index is -0.297.